The Hall–Kier alpha value is -2.32. The van der Waals surface area contributed by atoms with E-state index in [0.29, 0.717) is 42.6 Å². The molecule has 0 aliphatic rings. The fourth-order valence-electron chi connectivity index (χ4n) is 2.45. The maximum atomic E-state index is 12.6. The molecule has 8 heteroatoms. The van der Waals surface area contributed by atoms with E-state index in [9.17, 15) is 9.59 Å². The second-order valence-electron chi connectivity index (χ2n) is 5.86. The molecular weight excluding hydrogens is 370 g/mol. The number of esters is 1. The van der Waals surface area contributed by atoms with Crippen LogP contribution in [-0.2, 0) is 9.53 Å². The third kappa shape index (κ3) is 5.58. The van der Waals surface area contributed by atoms with Gasteiger partial charge in [-0.05, 0) is 24.4 Å². The highest BCUT2D eigenvalue weighted by atomic mass is 32.1. The van der Waals surface area contributed by atoms with Crippen molar-refractivity contribution in [3.63, 3.8) is 0 Å². The fraction of sp³-hybridized carbons (Fsp3) is 0.474. The van der Waals surface area contributed by atoms with Gasteiger partial charge in [-0.1, -0.05) is 0 Å². The van der Waals surface area contributed by atoms with Gasteiger partial charge in [0.1, 0.15) is 0 Å². The number of methoxy groups -OCH3 is 1. The molecule has 0 unspecified atom stereocenters. The number of hydrogen-bond donors (Lipinski definition) is 1. The molecule has 1 aromatic carbocycles. The van der Waals surface area contributed by atoms with Gasteiger partial charge in [0.25, 0.3) is 5.91 Å². The number of amides is 1. The summed E-state index contributed by atoms with van der Waals surface area (Å²) in [5, 5.41) is 9.77. The van der Waals surface area contributed by atoms with Crippen LogP contribution >= 0.6 is 11.3 Å². The van der Waals surface area contributed by atoms with Crippen molar-refractivity contribution >= 4 is 33.3 Å². The average Bonchev–Trinajstić information content (AvgIpc) is 3.08. The molecule has 0 spiro atoms. The fourth-order valence-corrected chi connectivity index (χ4v) is 3.52. The van der Waals surface area contributed by atoms with Crippen LogP contribution in [0.4, 0.5) is 0 Å². The summed E-state index contributed by atoms with van der Waals surface area (Å²) in [6, 6.07) is 5.48. The van der Waals surface area contributed by atoms with E-state index in [0.717, 1.165) is 10.1 Å². The summed E-state index contributed by atoms with van der Waals surface area (Å²) in [7, 11) is 3.22. The van der Waals surface area contributed by atoms with Crippen molar-refractivity contribution in [1.29, 1.82) is 0 Å². The molecule has 0 saturated carbocycles. The largest absolute Gasteiger partial charge is 0.493 e. The molecule has 0 bridgehead atoms. The zero-order chi connectivity index (χ0) is 19.8. The first-order chi connectivity index (χ1) is 13.0. The lowest BCUT2D eigenvalue weighted by atomic mass is 10.2. The molecule has 1 heterocycles. The first kappa shape index (κ1) is 21.0. The highest BCUT2D eigenvalue weighted by Gasteiger charge is 2.18. The Balaban J connectivity index is 2.14. The maximum absolute atomic E-state index is 12.6. The summed E-state index contributed by atoms with van der Waals surface area (Å²) < 4.78 is 16.8. The highest BCUT2D eigenvalue weighted by molar-refractivity contribution is 7.20. The Morgan fingerprint density at radius 3 is 2.67 bits per heavy atom. The first-order valence-corrected chi connectivity index (χ1v) is 9.58. The normalized spacial score (nSPS) is 10.7. The number of fused-ring (bicyclic) bond motifs is 1. The predicted molar refractivity (Wildman–Crippen MR) is 104 cm³/mol. The van der Waals surface area contributed by atoms with E-state index in [1.54, 1.807) is 21.1 Å². The Kier molecular flexibility index (Phi) is 7.87. The van der Waals surface area contributed by atoms with Gasteiger partial charge >= 0.3 is 5.97 Å². The van der Waals surface area contributed by atoms with E-state index in [2.05, 4.69) is 0 Å². The van der Waals surface area contributed by atoms with Crippen LogP contribution in [0, 0.1) is 0 Å². The summed E-state index contributed by atoms with van der Waals surface area (Å²) in [6.07, 6.45) is 0.693. The number of benzene rings is 1. The molecule has 1 aromatic heterocycles. The van der Waals surface area contributed by atoms with Crippen LogP contribution in [-0.4, -0.2) is 62.4 Å². The smallest absolute Gasteiger partial charge is 0.307 e. The lowest BCUT2D eigenvalue weighted by Gasteiger charge is -2.15. The summed E-state index contributed by atoms with van der Waals surface area (Å²) in [4.78, 5) is 26.2. The zero-order valence-corrected chi connectivity index (χ0v) is 16.6. The molecule has 1 amide bonds. The van der Waals surface area contributed by atoms with Crippen LogP contribution in [0.15, 0.2) is 18.2 Å². The number of thiophene rings is 1. The molecule has 0 atom stereocenters. The standard InChI is InChI=1S/C19H25NO6S/c1-4-25-18(22)6-7-20(2)19(23)17-11-13-10-14(24-3)15(12-16(13)27-17)26-9-5-8-21/h10-12,21H,4-9H2,1-3H3. The van der Waals surface area contributed by atoms with Gasteiger partial charge in [-0.3, -0.25) is 9.59 Å². The molecule has 0 fully saturated rings. The third-order valence-corrected chi connectivity index (χ3v) is 4.96. The van der Waals surface area contributed by atoms with Gasteiger partial charge in [-0.2, -0.15) is 0 Å². The number of aliphatic hydroxyl groups excluding tert-OH is 1. The van der Waals surface area contributed by atoms with Gasteiger partial charge in [-0.25, -0.2) is 0 Å². The maximum Gasteiger partial charge on any atom is 0.307 e. The van der Waals surface area contributed by atoms with Crippen LogP contribution in [0.1, 0.15) is 29.4 Å². The van der Waals surface area contributed by atoms with Gasteiger partial charge in [0, 0.05) is 37.4 Å². The lowest BCUT2D eigenvalue weighted by molar-refractivity contribution is -0.143. The molecule has 27 heavy (non-hydrogen) atoms. The predicted octanol–water partition coefficient (Wildman–Crippen LogP) is 2.70. The van der Waals surface area contributed by atoms with E-state index in [1.165, 1.54) is 16.2 Å². The number of aliphatic hydroxyl groups is 1. The van der Waals surface area contributed by atoms with Crippen molar-refractivity contribution in [2.45, 2.75) is 19.8 Å². The van der Waals surface area contributed by atoms with Gasteiger partial charge in [-0.15, -0.1) is 11.3 Å². The molecule has 7 nitrogen and oxygen atoms in total. The Bertz CT molecular complexity index is 788. The van der Waals surface area contributed by atoms with Gasteiger partial charge < -0.3 is 24.2 Å². The van der Waals surface area contributed by atoms with E-state index in [-0.39, 0.29) is 24.9 Å². The second-order valence-corrected chi connectivity index (χ2v) is 6.94. The first-order valence-electron chi connectivity index (χ1n) is 8.76. The van der Waals surface area contributed by atoms with Crippen LogP contribution in [0.2, 0.25) is 0 Å². The van der Waals surface area contributed by atoms with Crippen molar-refractivity contribution in [3.05, 3.63) is 23.1 Å². The number of ether oxygens (including phenoxy) is 3. The average molecular weight is 395 g/mol. The number of nitrogens with zero attached hydrogens (tertiary/aromatic N) is 1. The summed E-state index contributed by atoms with van der Waals surface area (Å²) >= 11 is 1.36. The van der Waals surface area contributed by atoms with Crippen LogP contribution in [0.3, 0.4) is 0 Å². The topological polar surface area (TPSA) is 85.3 Å². The van der Waals surface area contributed by atoms with E-state index in [1.807, 2.05) is 18.2 Å². The molecule has 148 valence electrons. The molecule has 0 aliphatic carbocycles. The molecule has 0 saturated heterocycles. The zero-order valence-electron chi connectivity index (χ0n) is 15.8. The Morgan fingerprint density at radius 1 is 1.22 bits per heavy atom. The molecule has 0 aliphatic heterocycles. The minimum absolute atomic E-state index is 0.0559. The number of hydrogen-bond acceptors (Lipinski definition) is 7. The highest BCUT2D eigenvalue weighted by Crippen LogP contribution is 2.37. The molecule has 1 N–H and O–H groups in total. The third-order valence-electron chi connectivity index (χ3n) is 3.88. The molecule has 2 rings (SSSR count). The molecule has 0 radical (unpaired) electrons. The summed E-state index contributed by atoms with van der Waals surface area (Å²) in [5.74, 6) is 0.688. The van der Waals surface area contributed by atoms with Gasteiger partial charge in [0.2, 0.25) is 0 Å². The second kappa shape index (κ2) is 10.1. The SMILES string of the molecule is CCOC(=O)CCN(C)C(=O)c1cc2cc(OC)c(OCCCO)cc2s1. The number of carbonyl (C=O) groups excluding carboxylic acids is 2. The Labute approximate surface area is 162 Å². The van der Waals surface area contributed by atoms with Crippen LogP contribution < -0.4 is 9.47 Å². The Morgan fingerprint density at radius 2 is 2.00 bits per heavy atom. The van der Waals surface area contributed by atoms with Gasteiger partial charge in [0.05, 0.1) is 31.6 Å². The molecular formula is C19H25NO6S. The summed E-state index contributed by atoms with van der Waals surface area (Å²) in [6.45, 7) is 2.81. The minimum atomic E-state index is -0.317. The minimum Gasteiger partial charge on any atom is -0.493 e. The number of carbonyl (C=O) groups is 2. The van der Waals surface area contributed by atoms with Crippen LogP contribution in [0.25, 0.3) is 10.1 Å². The van der Waals surface area contributed by atoms with E-state index in [4.69, 9.17) is 19.3 Å². The van der Waals surface area contributed by atoms with Crippen LogP contribution in [0.5, 0.6) is 11.5 Å². The van der Waals surface area contributed by atoms with Gasteiger partial charge in [0.15, 0.2) is 11.5 Å². The monoisotopic (exact) mass is 395 g/mol. The quantitative estimate of drug-likeness (QED) is 0.492. The van der Waals surface area contributed by atoms with Crippen molar-refractivity contribution in [2.24, 2.45) is 0 Å². The van der Waals surface area contributed by atoms with Crippen molar-refractivity contribution in [2.75, 3.05) is 40.5 Å². The van der Waals surface area contributed by atoms with E-state index < -0.39 is 0 Å². The van der Waals surface area contributed by atoms with Crippen molar-refractivity contribution < 1.29 is 28.9 Å². The number of rotatable bonds is 10. The van der Waals surface area contributed by atoms with Crippen molar-refractivity contribution in [1.82, 2.24) is 4.90 Å². The van der Waals surface area contributed by atoms with E-state index >= 15 is 0 Å². The summed E-state index contributed by atoms with van der Waals surface area (Å²) in [5.41, 5.74) is 0. The van der Waals surface area contributed by atoms with Crippen molar-refractivity contribution in [3.8, 4) is 11.5 Å². The lowest BCUT2D eigenvalue weighted by Crippen LogP contribution is -2.28. The molecule has 2 aromatic rings.